The molecule has 1 saturated carbocycles. The van der Waals surface area contributed by atoms with Gasteiger partial charge in [0.15, 0.2) is 6.17 Å². The van der Waals surface area contributed by atoms with Crippen molar-refractivity contribution in [2.45, 2.75) is 44.7 Å². The number of amides is 1. The van der Waals surface area contributed by atoms with E-state index in [4.69, 9.17) is 0 Å². The number of carbonyl (C=O) groups excluding carboxylic acids is 1. The van der Waals surface area contributed by atoms with E-state index in [1.165, 1.54) is 31.5 Å². The van der Waals surface area contributed by atoms with Crippen LogP contribution in [0.1, 0.15) is 30.9 Å². The van der Waals surface area contributed by atoms with Crippen molar-refractivity contribution in [1.29, 1.82) is 0 Å². The molecule has 1 aromatic carbocycles. The number of anilines is 1. The molecular weight excluding hydrogens is 545 g/mol. The molecule has 1 N–H and O–H groups in total. The van der Waals surface area contributed by atoms with Gasteiger partial charge in [-0.15, -0.1) is 0 Å². The quantitative estimate of drug-likeness (QED) is 0.303. The van der Waals surface area contributed by atoms with Gasteiger partial charge in [0.1, 0.15) is 12.1 Å². The Kier molecular flexibility index (Phi) is 8.70. The average Bonchev–Trinajstić information content (AvgIpc) is 3.74. The third kappa shape index (κ3) is 7.21. The monoisotopic (exact) mass is 578 g/mol. The topological polar surface area (TPSA) is 88.3 Å². The number of hydrogen-bond donors (Lipinski definition) is 1. The Morgan fingerprint density at radius 3 is 2.71 bits per heavy atom. The van der Waals surface area contributed by atoms with Gasteiger partial charge in [-0.3, -0.25) is 19.7 Å². The van der Waals surface area contributed by atoms with Gasteiger partial charge in [0.05, 0.1) is 11.5 Å². The molecule has 3 heterocycles. The lowest BCUT2D eigenvalue weighted by atomic mass is 10.0. The second-order valence-corrected chi connectivity index (χ2v) is 10.9. The van der Waals surface area contributed by atoms with Gasteiger partial charge in [-0.2, -0.15) is 18.3 Å². The number of benzene rings is 1. The first kappa shape index (κ1) is 29.4. The Labute approximate surface area is 243 Å². The van der Waals surface area contributed by atoms with Crippen molar-refractivity contribution in [2.75, 3.05) is 38.5 Å². The second-order valence-electron chi connectivity index (χ2n) is 10.9. The summed E-state index contributed by atoms with van der Waals surface area (Å²) in [5.41, 5.74) is 0.781. The molecule has 1 saturated heterocycles. The molecule has 12 heteroatoms. The minimum Gasteiger partial charge on any atom is -0.322 e. The molecular formula is C30H33F3N8O. The van der Waals surface area contributed by atoms with Gasteiger partial charge in [-0.05, 0) is 50.4 Å². The van der Waals surface area contributed by atoms with Gasteiger partial charge in [-0.25, -0.2) is 9.98 Å². The zero-order valence-corrected chi connectivity index (χ0v) is 23.6. The first-order chi connectivity index (χ1) is 20.1. The number of allylic oxidation sites excluding steroid dienone is 1. The Bertz CT molecular complexity index is 1440. The average molecular weight is 579 g/mol. The highest BCUT2D eigenvalue weighted by atomic mass is 19.4. The van der Waals surface area contributed by atoms with Crippen LogP contribution >= 0.6 is 0 Å². The second kappa shape index (κ2) is 12.4. The zero-order chi connectivity index (χ0) is 29.9. The lowest BCUT2D eigenvalue weighted by molar-refractivity contribution is -0.138. The van der Waals surface area contributed by atoms with Crippen molar-refractivity contribution in [3.8, 4) is 11.8 Å². The molecule has 2 atom stereocenters. The molecule has 4 aliphatic rings. The predicted molar refractivity (Wildman–Crippen MR) is 159 cm³/mol. The standard InChI is InChI=1S/C30H33F3N8O/c1-20(4-9-27-25-17-35-19-36-28(25)41(38-27)24-7-8-24)15-34-16-21(2)29(42)37-23-6-5-22(26(14-23)30(31,32)33)18-40-12-10-39(3)11-13-40/h5-6,14-17,19,24-25,28H,1,7-8,10-13,18H2,2-3H3,(H,37,42)/b21-16+,34-15?. The predicted octanol–water partition coefficient (Wildman–Crippen LogP) is 3.81. The van der Waals surface area contributed by atoms with Gasteiger partial charge in [0, 0.05) is 74.2 Å². The number of piperazine rings is 1. The Morgan fingerprint density at radius 1 is 1.24 bits per heavy atom. The molecule has 0 bridgehead atoms. The summed E-state index contributed by atoms with van der Waals surface area (Å²) in [6.45, 7) is 8.63. The smallest absolute Gasteiger partial charge is 0.322 e. The summed E-state index contributed by atoms with van der Waals surface area (Å²) in [7, 11) is 1.99. The van der Waals surface area contributed by atoms with E-state index in [2.05, 4.69) is 48.7 Å². The molecule has 220 valence electrons. The highest BCUT2D eigenvalue weighted by Crippen LogP contribution is 2.36. The number of likely N-dealkylation sites (N-methyl/N-ethyl adjacent to an activating group) is 1. The van der Waals surface area contributed by atoms with Crippen LogP contribution in [0.25, 0.3) is 0 Å². The lowest BCUT2D eigenvalue weighted by Gasteiger charge is -2.33. The van der Waals surface area contributed by atoms with Crippen LogP contribution in [0.15, 0.2) is 62.2 Å². The van der Waals surface area contributed by atoms with E-state index in [0.717, 1.165) is 32.0 Å². The fourth-order valence-corrected chi connectivity index (χ4v) is 4.85. The van der Waals surface area contributed by atoms with Crippen molar-refractivity contribution in [3.63, 3.8) is 0 Å². The molecule has 9 nitrogen and oxygen atoms in total. The SMILES string of the molecule is C=C(C#CC1=NN(C2CC2)C2N=CN=CC12)C=N/C=C(\C)C(=O)Nc1ccc(CN2CCN(C)CC2)c(C(F)(F)F)c1. The van der Waals surface area contributed by atoms with Crippen LogP contribution in [0.3, 0.4) is 0 Å². The molecule has 0 aromatic heterocycles. The summed E-state index contributed by atoms with van der Waals surface area (Å²) in [5.74, 6) is 5.31. The van der Waals surface area contributed by atoms with Crippen LogP contribution in [0, 0.1) is 17.8 Å². The van der Waals surface area contributed by atoms with E-state index in [0.29, 0.717) is 30.4 Å². The first-order valence-corrected chi connectivity index (χ1v) is 13.8. The highest BCUT2D eigenvalue weighted by molar-refractivity contribution is 6.13. The van der Waals surface area contributed by atoms with Crippen LogP contribution in [0.5, 0.6) is 0 Å². The normalized spacial score (nSPS) is 23.0. The first-order valence-electron chi connectivity index (χ1n) is 13.8. The van der Waals surface area contributed by atoms with E-state index in [9.17, 15) is 18.0 Å². The van der Waals surface area contributed by atoms with E-state index >= 15 is 0 Å². The van der Waals surface area contributed by atoms with E-state index < -0.39 is 17.6 Å². The number of hydrazone groups is 1. The number of alkyl halides is 3. The third-order valence-corrected chi connectivity index (χ3v) is 7.46. The summed E-state index contributed by atoms with van der Waals surface area (Å²) in [6.07, 6.45) is 3.59. The van der Waals surface area contributed by atoms with Crippen molar-refractivity contribution >= 4 is 36.1 Å². The van der Waals surface area contributed by atoms with Crippen molar-refractivity contribution in [2.24, 2.45) is 26.0 Å². The largest absolute Gasteiger partial charge is 0.416 e. The highest BCUT2D eigenvalue weighted by Gasteiger charge is 2.43. The minimum absolute atomic E-state index is 0.0629. The number of rotatable bonds is 7. The Morgan fingerprint density at radius 2 is 2.00 bits per heavy atom. The van der Waals surface area contributed by atoms with Crippen molar-refractivity contribution < 1.29 is 18.0 Å². The van der Waals surface area contributed by atoms with Gasteiger partial charge in [-0.1, -0.05) is 18.6 Å². The van der Waals surface area contributed by atoms with Crippen LogP contribution < -0.4 is 5.32 Å². The van der Waals surface area contributed by atoms with Crippen LogP contribution in [0.4, 0.5) is 18.9 Å². The third-order valence-electron chi connectivity index (χ3n) is 7.46. The molecule has 42 heavy (non-hydrogen) atoms. The lowest BCUT2D eigenvalue weighted by Crippen LogP contribution is -2.44. The number of hydrogen-bond acceptors (Lipinski definition) is 8. The number of halogens is 3. The summed E-state index contributed by atoms with van der Waals surface area (Å²) in [4.78, 5) is 29.5. The fourth-order valence-electron chi connectivity index (χ4n) is 4.85. The zero-order valence-electron chi connectivity index (χ0n) is 23.6. The maximum absolute atomic E-state index is 13.9. The summed E-state index contributed by atoms with van der Waals surface area (Å²) < 4.78 is 41.6. The van der Waals surface area contributed by atoms with Gasteiger partial charge >= 0.3 is 6.18 Å². The van der Waals surface area contributed by atoms with Gasteiger partial charge in [0.2, 0.25) is 0 Å². The molecule has 2 fully saturated rings. The Balaban J connectivity index is 1.19. The van der Waals surface area contributed by atoms with Crippen LogP contribution in [0.2, 0.25) is 0 Å². The molecule has 1 aromatic rings. The van der Waals surface area contributed by atoms with Crippen molar-refractivity contribution in [1.82, 2.24) is 14.8 Å². The molecule has 2 unspecified atom stereocenters. The minimum atomic E-state index is -4.54. The van der Waals surface area contributed by atoms with Crippen molar-refractivity contribution in [3.05, 3.63) is 53.3 Å². The summed E-state index contributed by atoms with van der Waals surface area (Å²) in [5, 5.41) is 9.18. The number of nitrogens with one attached hydrogen (secondary N) is 1. The Hall–Kier alpha value is -4.08. The maximum atomic E-state index is 13.9. The molecule has 1 amide bonds. The van der Waals surface area contributed by atoms with Crippen LogP contribution in [-0.4, -0.2) is 90.6 Å². The van der Waals surface area contributed by atoms with Gasteiger partial charge < -0.3 is 10.2 Å². The maximum Gasteiger partial charge on any atom is 0.416 e. The van der Waals surface area contributed by atoms with Crippen LogP contribution in [-0.2, 0) is 17.5 Å². The molecule has 1 aliphatic carbocycles. The summed E-state index contributed by atoms with van der Waals surface area (Å²) in [6, 6.07) is 4.31. The summed E-state index contributed by atoms with van der Waals surface area (Å²) >= 11 is 0. The molecule has 3 aliphatic heterocycles. The molecule has 5 rings (SSSR count). The van der Waals surface area contributed by atoms with Gasteiger partial charge in [0.25, 0.3) is 5.91 Å². The molecule has 0 spiro atoms. The fraction of sp³-hybridized carbons (Fsp3) is 0.433. The number of carbonyl (C=O) groups is 1. The number of aliphatic imine (C=N–C) groups is 3. The molecule has 0 radical (unpaired) electrons. The van der Waals surface area contributed by atoms with E-state index in [1.807, 2.05) is 17.0 Å². The number of fused-ring (bicyclic) bond motifs is 1. The number of nitrogens with zero attached hydrogens (tertiary/aromatic N) is 7. The van der Waals surface area contributed by atoms with E-state index in [1.54, 1.807) is 12.6 Å². The van der Waals surface area contributed by atoms with E-state index in [-0.39, 0.29) is 35.5 Å².